The predicted molar refractivity (Wildman–Crippen MR) is 97.2 cm³/mol. The third-order valence-electron chi connectivity index (χ3n) is 5.08. The number of aryl methyl sites for hydroxylation is 1. The molecule has 0 saturated carbocycles. The fourth-order valence-electron chi connectivity index (χ4n) is 3.39. The Morgan fingerprint density at radius 1 is 1.32 bits per heavy atom. The van der Waals surface area contributed by atoms with Gasteiger partial charge in [0, 0.05) is 32.2 Å². The van der Waals surface area contributed by atoms with E-state index in [4.69, 9.17) is 0 Å². The normalized spacial score (nSPS) is 17.4. The van der Waals surface area contributed by atoms with Crippen LogP contribution in [0.25, 0.3) is 0 Å². The summed E-state index contributed by atoms with van der Waals surface area (Å²) in [6.07, 6.45) is 4.77. The third kappa shape index (κ3) is 4.08. The van der Waals surface area contributed by atoms with E-state index < -0.39 is 6.10 Å². The average molecular weight is 342 g/mol. The van der Waals surface area contributed by atoms with E-state index in [9.17, 15) is 9.90 Å². The maximum atomic E-state index is 12.5. The zero-order chi connectivity index (χ0) is 17.8. The van der Waals surface area contributed by atoms with E-state index in [-0.39, 0.29) is 11.8 Å². The number of rotatable bonds is 5. The topological polar surface area (TPSA) is 61.6 Å². The molecule has 1 N–H and O–H groups in total. The van der Waals surface area contributed by atoms with Crippen LogP contribution in [0.1, 0.15) is 24.8 Å². The summed E-state index contributed by atoms with van der Waals surface area (Å²) < 4.78 is 1.87. The zero-order valence-electron chi connectivity index (χ0n) is 14.9. The summed E-state index contributed by atoms with van der Waals surface area (Å²) in [4.78, 5) is 20.6. The second kappa shape index (κ2) is 7.80. The molecule has 3 rings (SSSR count). The Bertz CT molecular complexity index is 692. The molecule has 0 radical (unpaired) electrons. The molecule has 25 heavy (non-hydrogen) atoms. The van der Waals surface area contributed by atoms with Gasteiger partial charge in [-0.1, -0.05) is 18.2 Å². The van der Waals surface area contributed by atoms with Crippen LogP contribution in [-0.2, 0) is 11.8 Å². The van der Waals surface area contributed by atoms with Crippen molar-refractivity contribution < 1.29 is 9.90 Å². The Labute approximate surface area is 148 Å². The molecule has 1 amide bonds. The van der Waals surface area contributed by atoms with Crippen molar-refractivity contribution >= 4 is 11.6 Å². The summed E-state index contributed by atoms with van der Waals surface area (Å²) in [7, 11) is 3.72. The summed E-state index contributed by atoms with van der Waals surface area (Å²) in [5.41, 5.74) is 0.910. The molecule has 1 unspecified atom stereocenters. The summed E-state index contributed by atoms with van der Waals surface area (Å²) in [6, 6.07) is 9.69. The number of para-hydroxylation sites is 1. The maximum absolute atomic E-state index is 12.5. The van der Waals surface area contributed by atoms with Gasteiger partial charge >= 0.3 is 0 Å². The lowest BCUT2D eigenvalue weighted by molar-refractivity contribution is -0.119. The number of imidazole rings is 1. The van der Waals surface area contributed by atoms with Gasteiger partial charge in [0.2, 0.25) is 5.91 Å². The highest BCUT2D eigenvalue weighted by Gasteiger charge is 2.29. The Kier molecular flexibility index (Phi) is 5.50. The molecule has 2 heterocycles. The highest BCUT2D eigenvalue weighted by Crippen LogP contribution is 2.29. The van der Waals surface area contributed by atoms with Gasteiger partial charge in [-0.15, -0.1) is 0 Å². The average Bonchev–Trinajstić information content (AvgIpc) is 3.07. The second-order valence-electron chi connectivity index (χ2n) is 6.74. The van der Waals surface area contributed by atoms with Crippen molar-refractivity contribution in [3.05, 3.63) is 48.5 Å². The number of piperidine rings is 1. The van der Waals surface area contributed by atoms with Crippen molar-refractivity contribution in [2.75, 3.05) is 31.6 Å². The zero-order valence-corrected chi connectivity index (χ0v) is 14.9. The van der Waals surface area contributed by atoms with Crippen LogP contribution in [0, 0.1) is 5.92 Å². The third-order valence-corrected chi connectivity index (χ3v) is 5.08. The van der Waals surface area contributed by atoms with E-state index in [1.807, 2.05) is 55.2 Å². The van der Waals surface area contributed by atoms with Gasteiger partial charge in [0.25, 0.3) is 0 Å². The standard InChI is InChI=1S/C19H26N4O2/c1-21-13-10-20-19(21)18(25)15-8-11-23(12-9-15)14-17(24)22(2)16-6-4-3-5-7-16/h3-7,10,13,15,18,25H,8-9,11-12,14H2,1-2H3. The summed E-state index contributed by atoms with van der Waals surface area (Å²) in [6.45, 7) is 2.05. The largest absolute Gasteiger partial charge is 0.385 e. The molecule has 134 valence electrons. The van der Waals surface area contributed by atoms with Gasteiger partial charge in [-0.05, 0) is 44.0 Å². The van der Waals surface area contributed by atoms with Crippen LogP contribution in [0.15, 0.2) is 42.7 Å². The fourth-order valence-corrected chi connectivity index (χ4v) is 3.39. The molecule has 1 aromatic carbocycles. The SMILES string of the molecule is CN(C(=O)CN1CCC(C(O)c2nccn2C)CC1)c1ccccc1. The molecule has 1 aromatic heterocycles. The lowest BCUT2D eigenvalue weighted by Crippen LogP contribution is -2.43. The number of nitrogens with zero attached hydrogens (tertiary/aromatic N) is 4. The predicted octanol–water partition coefficient (Wildman–Crippen LogP) is 1.83. The van der Waals surface area contributed by atoms with E-state index in [1.165, 1.54) is 0 Å². The number of likely N-dealkylation sites (N-methyl/N-ethyl adjacent to an activating group) is 1. The van der Waals surface area contributed by atoms with E-state index in [0.29, 0.717) is 6.54 Å². The number of hydrogen-bond donors (Lipinski definition) is 1. The molecule has 1 aliphatic rings. The lowest BCUT2D eigenvalue weighted by atomic mass is 9.90. The monoisotopic (exact) mass is 342 g/mol. The van der Waals surface area contributed by atoms with E-state index in [1.54, 1.807) is 11.1 Å². The molecule has 0 spiro atoms. The maximum Gasteiger partial charge on any atom is 0.240 e. The first-order chi connectivity index (χ1) is 12.1. The van der Waals surface area contributed by atoms with E-state index in [2.05, 4.69) is 9.88 Å². The highest BCUT2D eigenvalue weighted by molar-refractivity contribution is 5.94. The Morgan fingerprint density at radius 2 is 2.00 bits per heavy atom. The molecule has 1 atom stereocenters. The number of carbonyl (C=O) groups is 1. The quantitative estimate of drug-likeness (QED) is 0.900. The van der Waals surface area contributed by atoms with Crippen LogP contribution in [0.2, 0.25) is 0 Å². The lowest BCUT2D eigenvalue weighted by Gasteiger charge is -2.34. The van der Waals surface area contributed by atoms with Crippen LogP contribution in [-0.4, -0.2) is 52.1 Å². The van der Waals surface area contributed by atoms with Crippen LogP contribution in [0.5, 0.6) is 0 Å². The molecule has 1 fully saturated rings. The highest BCUT2D eigenvalue weighted by atomic mass is 16.3. The minimum absolute atomic E-state index is 0.0919. The Balaban J connectivity index is 1.51. The fraction of sp³-hybridized carbons (Fsp3) is 0.474. The van der Waals surface area contributed by atoms with Gasteiger partial charge in [-0.25, -0.2) is 4.98 Å². The second-order valence-corrected chi connectivity index (χ2v) is 6.74. The van der Waals surface area contributed by atoms with Crippen molar-refractivity contribution in [2.24, 2.45) is 13.0 Å². The number of benzene rings is 1. The minimum Gasteiger partial charge on any atom is -0.385 e. The minimum atomic E-state index is -0.537. The number of anilines is 1. The van der Waals surface area contributed by atoms with Crippen molar-refractivity contribution in [1.29, 1.82) is 0 Å². The number of carbonyl (C=O) groups excluding carboxylic acids is 1. The van der Waals surface area contributed by atoms with Gasteiger partial charge in [0.1, 0.15) is 11.9 Å². The Hall–Kier alpha value is -2.18. The Morgan fingerprint density at radius 3 is 2.60 bits per heavy atom. The van der Waals surface area contributed by atoms with Crippen molar-refractivity contribution in [1.82, 2.24) is 14.5 Å². The van der Waals surface area contributed by atoms with Gasteiger partial charge in [-0.3, -0.25) is 9.69 Å². The van der Waals surface area contributed by atoms with E-state index >= 15 is 0 Å². The number of aromatic nitrogens is 2. The smallest absolute Gasteiger partial charge is 0.240 e. The van der Waals surface area contributed by atoms with Gasteiger partial charge < -0.3 is 14.6 Å². The van der Waals surface area contributed by atoms with Crippen molar-refractivity contribution in [3.8, 4) is 0 Å². The molecular weight excluding hydrogens is 316 g/mol. The van der Waals surface area contributed by atoms with Crippen LogP contribution < -0.4 is 4.90 Å². The number of aliphatic hydroxyl groups is 1. The van der Waals surface area contributed by atoms with Crippen molar-refractivity contribution in [2.45, 2.75) is 18.9 Å². The summed E-state index contributed by atoms with van der Waals surface area (Å²) >= 11 is 0. The molecule has 6 nitrogen and oxygen atoms in total. The molecule has 2 aromatic rings. The van der Waals surface area contributed by atoms with Gasteiger partial charge in [0.05, 0.1) is 6.54 Å². The molecule has 0 bridgehead atoms. The van der Waals surface area contributed by atoms with Gasteiger partial charge in [0.15, 0.2) is 0 Å². The molecular formula is C19H26N4O2. The number of aliphatic hydroxyl groups excluding tert-OH is 1. The molecule has 1 saturated heterocycles. The van der Waals surface area contributed by atoms with Gasteiger partial charge in [-0.2, -0.15) is 0 Å². The molecule has 6 heteroatoms. The summed E-state index contributed by atoms with van der Waals surface area (Å²) in [5, 5.41) is 10.5. The van der Waals surface area contributed by atoms with Crippen molar-refractivity contribution in [3.63, 3.8) is 0 Å². The number of amides is 1. The first-order valence-electron chi connectivity index (χ1n) is 8.75. The first-order valence-corrected chi connectivity index (χ1v) is 8.75. The number of likely N-dealkylation sites (tertiary alicyclic amines) is 1. The first kappa shape index (κ1) is 17.6. The van der Waals surface area contributed by atoms with Crippen LogP contribution in [0.4, 0.5) is 5.69 Å². The van der Waals surface area contributed by atoms with E-state index in [0.717, 1.165) is 37.4 Å². The molecule has 0 aliphatic carbocycles. The molecule has 1 aliphatic heterocycles. The van der Waals surface area contributed by atoms with Crippen LogP contribution in [0.3, 0.4) is 0 Å². The van der Waals surface area contributed by atoms with Crippen LogP contribution >= 0.6 is 0 Å². The number of hydrogen-bond acceptors (Lipinski definition) is 4. The summed E-state index contributed by atoms with van der Waals surface area (Å²) in [5.74, 6) is 1.01.